The number of pyridine rings is 1. The Balaban J connectivity index is 2.24. The highest BCUT2D eigenvalue weighted by atomic mass is 35.5. The van der Waals surface area contributed by atoms with Crippen molar-refractivity contribution >= 4 is 23.2 Å². The Labute approximate surface area is 109 Å². The number of anilines is 1. The minimum atomic E-state index is -0.790. The van der Waals surface area contributed by atoms with Gasteiger partial charge in [-0.3, -0.25) is 4.79 Å². The first-order valence-corrected chi connectivity index (χ1v) is 5.64. The molecule has 0 fully saturated rings. The Hall–Kier alpha value is -1.94. The predicted molar refractivity (Wildman–Crippen MR) is 68.3 cm³/mol. The summed E-state index contributed by atoms with van der Waals surface area (Å²) in [6.07, 6.45) is 1.29. The first-order valence-electron chi connectivity index (χ1n) is 5.26. The number of hydrogen-bond acceptors (Lipinski definition) is 2. The lowest BCUT2D eigenvalue weighted by Crippen LogP contribution is -2.15. The van der Waals surface area contributed by atoms with Crippen LogP contribution in [0.3, 0.4) is 0 Å². The minimum Gasteiger partial charge on any atom is -0.322 e. The van der Waals surface area contributed by atoms with E-state index < -0.39 is 11.9 Å². The number of benzene rings is 1. The SMILES string of the molecule is Cc1cc(Cl)ccc1NC(=O)c1cccnc1F. The molecular weight excluding hydrogens is 255 g/mol. The summed E-state index contributed by atoms with van der Waals surface area (Å²) >= 11 is 5.81. The van der Waals surface area contributed by atoms with E-state index in [0.29, 0.717) is 10.7 Å². The molecular formula is C13H10ClFN2O. The number of aromatic nitrogens is 1. The first kappa shape index (κ1) is 12.5. The van der Waals surface area contributed by atoms with E-state index in [-0.39, 0.29) is 5.56 Å². The third-order valence-electron chi connectivity index (χ3n) is 2.44. The maximum Gasteiger partial charge on any atom is 0.260 e. The standard InChI is InChI=1S/C13H10ClFN2O/c1-8-7-9(14)4-5-11(8)17-13(18)10-3-2-6-16-12(10)15/h2-7H,1H3,(H,17,18). The molecule has 0 atom stereocenters. The van der Waals surface area contributed by atoms with Gasteiger partial charge < -0.3 is 5.32 Å². The van der Waals surface area contributed by atoms with Crippen LogP contribution in [-0.2, 0) is 0 Å². The monoisotopic (exact) mass is 264 g/mol. The van der Waals surface area contributed by atoms with Crippen molar-refractivity contribution in [2.45, 2.75) is 6.92 Å². The summed E-state index contributed by atoms with van der Waals surface area (Å²) in [5.74, 6) is -1.33. The van der Waals surface area contributed by atoms with Gasteiger partial charge in [-0.2, -0.15) is 4.39 Å². The molecule has 1 heterocycles. The average molecular weight is 265 g/mol. The Morgan fingerprint density at radius 2 is 2.17 bits per heavy atom. The van der Waals surface area contributed by atoms with Gasteiger partial charge in [-0.05, 0) is 42.8 Å². The molecule has 0 aliphatic rings. The van der Waals surface area contributed by atoms with Gasteiger partial charge in [0.25, 0.3) is 5.91 Å². The van der Waals surface area contributed by atoms with E-state index in [1.54, 1.807) is 25.1 Å². The third-order valence-corrected chi connectivity index (χ3v) is 2.68. The number of hydrogen-bond donors (Lipinski definition) is 1. The van der Waals surface area contributed by atoms with Crippen LogP contribution in [0, 0.1) is 12.9 Å². The fraction of sp³-hybridized carbons (Fsp3) is 0.0769. The summed E-state index contributed by atoms with van der Waals surface area (Å²) in [5.41, 5.74) is 1.31. The highest BCUT2D eigenvalue weighted by molar-refractivity contribution is 6.30. The van der Waals surface area contributed by atoms with E-state index in [4.69, 9.17) is 11.6 Å². The summed E-state index contributed by atoms with van der Waals surface area (Å²) in [4.78, 5) is 15.3. The molecule has 1 N–H and O–H groups in total. The highest BCUT2D eigenvalue weighted by Gasteiger charge is 2.12. The molecule has 0 saturated heterocycles. The molecule has 0 spiro atoms. The van der Waals surface area contributed by atoms with Crippen LogP contribution in [0.4, 0.5) is 10.1 Å². The number of aryl methyl sites for hydroxylation is 1. The molecule has 0 aliphatic carbocycles. The van der Waals surface area contributed by atoms with Gasteiger partial charge in [0.15, 0.2) is 0 Å². The minimum absolute atomic E-state index is 0.0909. The van der Waals surface area contributed by atoms with E-state index in [2.05, 4.69) is 10.3 Å². The zero-order chi connectivity index (χ0) is 13.1. The number of carbonyl (C=O) groups is 1. The molecule has 2 aromatic rings. The third kappa shape index (κ3) is 2.65. The number of amides is 1. The first-order chi connectivity index (χ1) is 8.58. The number of nitrogens with one attached hydrogen (secondary N) is 1. The van der Waals surface area contributed by atoms with Crippen molar-refractivity contribution in [2.24, 2.45) is 0 Å². The maximum atomic E-state index is 13.3. The fourth-order valence-electron chi connectivity index (χ4n) is 1.51. The van der Waals surface area contributed by atoms with Crippen LogP contribution in [-0.4, -0.2) is 10.9 Å². The summed E-state index contributed by atoms with van der Waals surface area (Å²) in [5, 5.41) is 3.20. The van der Waals surface area contributed by atoms with E-state index in [1.807, 2.05) is 0 Å². The summed E-state index contributed by atoms with van der Waals surface area (Å²) in [6.45, 7) is 1.81. The van der Waals surface area contributed by atoms with E-state index in [9.17, 15) is 9.18 Å². The van der Waals surface area contributed by atoms with Crippen LogP contribution in [0.1, 0.15) is 15.9 Å². The summed E-state index contributed by atoms with van der Waals surface area (Å²) in [7, 11) is 0. The van der Waals surface area contributed by atoms with Crippen LogP contribution in [0.15, 0.2) is 36.5 Å². The predicted octanol–water partition coefficient (Wildman–Crippen LogP) is 3.43. The summed E-state index contributed by atoms with van der Waals surface area (Å²) < 4.78 is 13.3. The number of nitrogens with zero attached hydrogens (tertiary/aromatic N) is 1. The Morgan fingerprint density at radius 3 is 2.83 bits per heavy atom. The molecule has 0 aliphatic heterocycles. The van der Waals surface area contributed by atoms with Crippen molar-refractivity contribution in [3.8, 4) is 0 Å². The average Bonchev–Trinajstić information content (AvgIpc) is 2.33. The molecule has 1 amide bonds. The van der Waals surface area contributed by atoms with Crippen LogP contribution in [0.2, 0.25) is 5.02 Å². The van der Waals surface area contributed by atoms with Crippen molar-refractivity contribution in [3.63, 3.8) is 0 Å². The van der Waals surface area contributed by atoms with Crippen molar-refractivity contribution in [3.05, 3.63) is 58.6 Å². The van der Waals surface area contributed by atoms with E-state index in [0.717, 1.165) is 5.56 Å². The molecule has 0 radical (unpaired) electrons. The second kappa shape index (κ2) is 5.14. The van der Waals surface area contributed by atoms with Gasteiger partial charge in [0.1, 0.15) is 0 Å². The fourth-order valence-corrected chi connectivity index (χ4v) is 1.74. The smallest absolute Gasteiger partial charge is 0.260 e. The molecule has 1 aromatic carbocycles. The topological polar surface area (TPSA) is 42.0 Å². The summed E-state index contributed by atoms with van der Waals surface area (Å²) in [6, 6.07) is 7.93. The van der Waals surface area contributed by atoms with Crippen LogP contribution < -0.4 is 5.32 Å². The van der Waals surface area contributed by atoms with E-state index >= 15 is 0 Å². The lowest BCUT2D eigenvalue weighted by molar-refractivity contribution is 0.102. The Morgan fingerprint density at radius 1 is 1.39 bits per heavy atom. The zero-order valence-electron chi connectivity index (χ0n) is 9.58. The largest absolute Gasteiger partial charge is 0.322 e. The maximum absolute atomic E-state index is 13.3. The molecule has 0 unspecified atom stereocenters. The van der Waals surface area contributed by atoms with Gasteiger partial charge >= 0.3 is 0 Å². The van der Waals surface area contributed by atoms with Crippen molar-refractivity contribution < 1.29 is 9.18 Å². The van der Waals surface area contributed by atoms with Crippen molar-refractivity contribution in [1.82, 2.24) is 4.98 Å². The zero-order valence-corrected chi connectivity index (χ0v) is 10.3. The molecule has 92 valence electrons. The molecule has 2 rings (SSSR count). The Bertz CT molecular complexity index is 601. The Kier molecular flexibility index (Phi) is 3.58. The molecule has 3 nitrogen and oxygen atoms in total. The molecule has 5 heteroatoms. The normalized spacial score (nSPS) is 10.2. The van der Waals surface area contributed by atoms with Gasteiger partial charge in [-0.15, -0.1) is 0 Å². The van der Waals surface area contributed by atoms with Crippen LogP contribution in [0.25, 0.3) is 0 Å². The lowest BCUT2D eigenvalue weighted by Gasteiger charge is -2.08. The van der Waals surface area contributed by atoms with Crippen molar-refractivity contribution in [1.29, 1.82) is 0 Å². The van der Waals surface area contributed by atoms with Crippen LogP contribution >= 0.6 is 11.6 Å². The van der Waals surface area contributed by atoms with Gasteiger partial charge in [0.05, 0.1) is 5.56 Å². The lowest BCUT2D eigenvalue weighted by atomic mass is 10.2. The highest BCUT2D eigenvalue weighted by Crippen LogP contribution is 2.20. The number of carbonyl (C=O) groups excluding carboxylic acids is 1. The van der Waals surface area contributed by atoms with Crippen LogP contribution in [0.5, 0.6) is 0 Å². The second-order valence-corrected chi connectivity index (χ2v) is 4.19. The van der Waals surface area contributed by atoms with Gasteiger partial charge in [0, 0.05) is 16.9 Å². The van der Waals surface area contributed by atoms with Gasteiger partial charge in [-0.1, -0.05) is 11.6 Å². The van der Waals surface area contributed by atoms with E-state index in [1.165, 1.54) is 18.3 Å². The van der Waals surface area contributed by atoms with Crippen molar-refractivity contribution in [2.75, 3.05) is 5.32 Å². The van der Waals surface area contributed by atoms with Gasteiger partial charge in [-0.25, -0.2) is 4.98 Å². The quantitative estimate of drug-likeness (QED) is 0.845. The number of rotatable bonds is 2. The van der Waals surface area contributed by atoms with Gasteiger partial charge in [0.2, 0.25) is 5.95 Å². The molecule has 0 bridgehead atoms. The molecule has 0 saturated carbocycles. The second-order valence-electron chi connectivity index (χ2n) is 3.76. The molecule has 1 aromatic heterocycles. The number of halogens is 2. The molecule has 18 heavy (non-hydrogen) atoms.